The van der Waals surface area contributed by atoms with Crippen LogP contribution < -0.4 is 4.90 Å². The second-order valence-electron chi connectivity index (χ2n) is 4.37. The number of fused-ring (bicyclic) bond motifs is 1. The number of aryl methyl sites for hydroxylation is 1. The maximum atomic E-state index is 12.1. The Bertz CT molecular complexity index is 654. The number of hydrogen-bond acceptors (Lipinski definition) is 4. The number of benzene rings is 1. The minimum atomic E-state index is -0.614. The Kier molecular flexibility index (Phi) is 3.52. The Morgan fingerprint density at radius 2 is 2.32 bits per heavy atom. The van der Waals surface area contributed by atoms with Crippen LogP contribution >= 0.6 is 0 Å². The maximum Gasteiger partial charge on any atom is 0.244 e. The van der Waals surface area contributed by atoms with Crippen molar-refractivity contribution in [1.29, 1.82) is 5.26 Å². The third-order valence-electron chi connectivity index (χ3n) is 3.06. The van der Waals surface area contributed by atoms with Gasteiger partial charge in [-0.3, -0.25) is 4.79 Å². The van der Waals surface area contributed by atoms with Crippen LogP contribution in [0.4, 0.5) is 5.69 Å². The van der Waals surface area contributed by atoms with Gasteiger partial charge in [-0.1, -0.05) is 6.92 Å². The van der Waals surface area contributed by atoms with Crippen molar-refractivity contribution in [2.75, 3.05) is 11.9 Å². The number of nitriles is 1. The van der Waals surface area contributed by atoms with Gasteiger partial charge in [0.2, 0.25) is 5.91 Å². The van der Waals surface area contributed by atoms with Gasteiger partial charge < -0.3 is 9.32 Å². The van der Waals surface area contributed by atoms with Gasteiger partial charge in [-0.15, -0.1) is 0 Å². The lowest BCUT2D eigenvalue weighted by atomic mass is 10.1. The second-order valence-corrected chi connectivity index (χ2v) is 4.37. The van der Waals surface area contributed by atoms with Crippen molar-refractivity contribution in [1.82, 2.24) is 4.98 Å². The summed E-state index contributed by atoms with van der Waals surface area (Å²) >= 11 is 0. The summed E-state index contributed by atoms with van der Waals surface area (Å²) in [5.74, 6) is -0.234. The lowest BCUT2D eigenvalue weighted by molar-refractivity contribution is -0.120. The first-order valence-electron chi connectivity index (χ1n) is 6.11. The Morgan fingerprint density at radius 1 is 1.58 bits per heavy atom. The summed E-state index contributed by atoms with van der Waals surface area (Å²) in [5.41, 5.74) is 2.09. The van der Waals surface area contributed by atoms with Crippen LogP contribution in [0.5, 0.6) is 0 Å². The molecule has 0 aliphatic rings. The minimum Gasteiger partial charge on any atom is -0.441 e. The Labute approximate surface area is 111 Å². The zero-order valence-corrected chi connectivity index (χ0v) is 11.2. The number of nitrogens with zero attached hydrogens (tertiary/aromatic N) is 3. The Balaban J connectivity index is 2.33. The van der Waals surface area contributed by atoms with Crippen molar-refractivity contribution in [3.05, 3.63) is 24.1 Å². The summed E-state index contributed by atoms with van der Waals surface area (Å²) in [6.07, 6.45) is 0.503. The van der Waals surface area contributed by atoms with E-state index in [0.717, 1.165) is 5.52 Å². The van der Waals surface area contributed by atoms with Gasteiger partial charge in [0.1, 0.15) is 11.4 Å². The molecule has 2 rings (SSSR count). The van der Waals surface area contributed by atoms with E-state index in [-0.39, 0.29) is 5.91 Å². The Morgan fingerprint density at radius 3 is 2.95 bits per heavy atom. The van der Waals surface area contributed by atoms with Gasteiger partial charge in [0, 0.05) is 25.7 Å². The van der Waals surface area contributed by atoms with Crippen molar-refractivity contribution >= 4 is 22.7 Å². The highest BCUT2D eigenvalue weighted by atomic mass is 16.3. The van der Waals surface area contributed by atoms with Gasteiger partial charge in [-0.05, 0) is 18.6 Å². The molecule has 0 bridgehead atoms. The monoisotopic (exact) mass is 257 g/mol. The highest BCUT2D eigenvalue weighted by molar-refractivity contribution is 5.97. The molecule has 5 nitrogen and oxygen atoms in total. The molecule has 0 spiro atoms. The third kappa shape index (κ3) is 2.43. The summed E-state index contributed by atoms with van der Waals surface area (Å²) in [4.78, 5) is 17.8. The van der Waals surface area contributed by atoms with Crippen molar-refractivity contribution < 1.29 is 9.21 Å². The fourth-order valence-electron chi connectivity index (χ4n) is 1.92. The van der Waals surface area contributed by atoms with Crippen LogP contribution in [0.15, 0.2) is 22.6 Å². The molecule has 0 aliphatic heterocycles. The average Bonchev–Trinajstić information content (AvgIpc) is 2.78. The molecular formula is C14H15N3O2. The number of carbonyl (C=O) groups is 1. The van der Waals surface area contributed by atoms with E-state index in [1.54, 1.807) is 32.2 Å². The van der Waals surface area contributed by atoms with E-state index >= 15 is 0 Å². The maximum absolute atomic E-state index is 12.1. The van der Waals surface area contributed by atoms with Crippen molar-refractivity contribution in [3.63, 3.8) is 0 Å². The molecule has 1 aromatic carbocycles. The zero-order chi connectivity index (χ0) is 14.0. The number of amides is 1. The molecule has 5 heteroatoms. The summed E-state index contributed by atoms with van der Waals surface area (Å²) in [7, 11) is 1.66. The predicted molar refractivity (Wildman–Crippen MR) is 71.6 cm³/mol. The number of anilines is 1. The molecule has 0 saturated heterocycles. The van der Waals surface area contributed by atoms with Crippen LogP contribution in [-0.4, -0.2) is 17.9 Å². The van der Waals surface area contributed by atoms with E-state index in [2.05, 4.69) is 4.98 Å². The van der Waals surface area contributed by atoms with E-state index in [0.29, 0.717) is 23.6 Å². The summed E-state index contributed by atoms with van der Waals surface area (Å²) < 4.78 is 5.44. The number of oxazole rings is 1. The quantitative estimate of drug-likeness (QED) is 0.847. The summed E-state index contributed by atoms with van der Waals surface area (Å²) in [5, 5.41) is 8.94. The van der Waals surface area contributed by atoms with Gasteiger partial charge in [0.05, 0.1) is 6.07 Å². The van der Waals surface area contributed by atoms with Gasteiger partial charge >= 0.3 is 0 Å². The highest BCUT2D eigenvalue weighted by Crippen LogP contribution is 2.23. The first kappa shape index (κ1) is 13.1. The van der Waals surface area contributed by atoms with Gasteiger partial charge in [0.15, 0.2) is 11.5 Å². The predicted octanol–water partition coefficient (Wildman–Crippen LogP) is 2.65. The molecule has 0 saturated carbocycles. The molecule has 0 N–H and O–H groups in total. The number of rotatable bonds is 3. The molecule has 1 atom stereocenters. The van der Waals surface area contributed by atoms with E-state index in [9.17, 15) is 4.79 Å². The third-order valence-corrected chi connectivity index (χ3v) is 3.06. The molecule has 0 fully saturated rings. The van der Waals surface area contributed by atoms with Gasteiger partial charge in [-0.25, -0.2) is 4.98 Å². The first-order valence-corrected chi connectivity index (χ1v) is 6.11. The SMILES string of the molecule is CCC(C#N)C(=O)N(C)c1ccc2nc(C)oc2c1. The molecule has 1 unspecified atom stereocenters. The Hall–Kier alpha value is -2.35. The first-order chi connectivity index (χ1) is 9.06. The fourth-order valence-corrected chi connectivity index (χ4v) is 1.92. The average molecular weight is 257 g/mol. The highest BCUT2D eigenvalue weighted by Gasteiger charge is 2.21. The minimum absolute atomic E-state index is 0.208. The summed E-state index contributed by atoms with van der Waals surface area (Å²) in [6, 6.07) is 7.38. The topological polar surface area (TPSA) is 70.1 Å². The molecule has 0 aliphatic carbocycles. The lowest BCUT2D eigenvalue weighted by Gasteiger charge is -2.19. The molecule has 1 aromatic heterocycles. The van der Waals surface area contributed by atoms with Gasteiger partial charge in [0.25, 0.3) is 0 Å². The van der Waals surface area contributed by atoms with E-state index in [1.165, 1.54) is 4.90 Å². The fraction of sp³-hybridized carbons (Fsp3) is 0.357. The van der Waals surface area contributed by atoms with Gasteiger partial charge in [-0.2, -0.15) is 5.26 Å². The molecule has 2 aromatic rings. The van der Waals surface area contributed by atoms with Crippen LogP contribution in [0.1, 0.15) is 19.2 Å². The lowest BCUT2D eigenvalue weighted by Crippen LogP contribution is -2.31. The van der Waals surface area contributed by atoms with Crippen molar-refractivity contribution in [2.24, 2.45) is 5.92 Å². The number of carbonyl (C=O) groups excluding carboxylic acids is 1. The smallest absolute Gasteiger partial charge is 0.244 e. The van der Waals surface area contributed by atoms with Crippen LogP contribution in [0.2, 0.25) is 0 Å². The van der Waals surface area contributed by atoms with Crippen LogP contribution in [0, 0.1) is 24.2 Å². The molecular weight excluding hydrogens is 242 g/mol. The van der Waals surface area contributed by atoms with E-state index in [4.69, 9.17) is 9.68 Å². The zero-order valence-electron chi connectivity index (χ0n) is 11.2. The molecule has 0 radical (unpaired) electrons. The molecule has 98 valence electrons. The molecule has 1 amide bonds. The van der Waals surface area contributed by atoms with Crippen LogP contribution in [0.3, 0.4) is 0 Å². The van der Waals surface area contributed by atoms with Crippen LogP contribution in [-0.2, 0) is 4.79 Å². The molecule has 1 heterocycles. The standard InChI is InChI=1S/C14H15N3O2/c1-4-10(8-15)14(18)17(3)11-5-6-12-13(7-11)19-9(2)16-12/h5-7,10H,4H2,1-3H3. The summed E-state index contributed by atoms with van der Waals surface area (Å²) in [6.45, 7) is 3.60. The van der Waals surface area contributed by atoms with Crippen molar-refractivity contribution in [3.8, 4) is 6.07 Å². The normalized spacial score (nSPS) is 12.1. The van der Waals surface area contributed by atoms with Crippen molar-refractivity contribution in [2.45, 2.75) is 20.3 Å². The second kappa shape index (κ2) is 5.11. The van der Waals surface area contributed by atoms with E-state index in [1.807, 2.05) is 13.0 Å². The largest absolute Gasteiger partial charge is 0.441 e. The van der Waals surface area contributed by atoms with Crippen LogP contribution in [0.25, 0.3) is 11.1 Å². The number of hydrogen-bond donors (Lipinski definition) is 0. The molecule has 19 heavy (non-hydrogen) atoms. The number of aromatic nitrogens is 1. The van der Waals surface area contributed by atoms with E-state index < -0.39 is 5.92 Å².